The van der Waals surface area contributed by atoms with Crippen molar-refractivity contribution >= 4 is 10.0 Å². The van der Waals surface area contributed by atoms with Crippen LogP contribution in [0.25, 0.3) is 0 Å². The van der Waals surface area contributed by atoms with Crippen molar-refractivity contribution in [3.8, 4) is 0 Å². The normalized spacial score (nSPS) is 18.8. The Kier molecular flexibility index (Phi) is 3.29. The third kappa shape index (κ3) is 2.95. The van der Waals surface area contributed by atoms with Crippen molar-refractivity contribution in [2.75, 3.05) is 5.75 Å². The van der Waals surface area contributed by atoms with Gasteiger partial charge < -0.3 is 0 Å². The van der Waals surface area contributed by atoms with Gasteiger partial charge in [0.05, 0.1) is 5.75 Å². The van der Waals surface area contributed by atoms with Gasteiger partial charge in [0, 0.05) is 6.04 Å². The first-order valence-corrected chi connectivity index (χ1v) is 5.94. The molecule has 12 heavy (non-hydrogen) atoms. The second-order valence-electron chi connectivity index (χ2n) is 3.08. The van der Waals surface area contributed by atoms with E-state index < -0.39 is 10.0 Å². The van der Waals surface area contributed by atoms with Gasteiger partial charge in [0.25, 0.3) is 0 Å². The molecule has 4 heteroatoms. The first-order chi connectivity index (χ1) is 5.64. The van der Waals surface area contributed by atoms with Gasteiger partial charge in [-0.2, -0.15) is 0 Å². The smallest absolute Gasteiger partial charge is 0.211 e. The lowest BCUT2D eigenvalue weighted by molar-refractivity contribution is 0.556. The van der Waals surface area contributed by atoms with E-state index in [4.69, 9.17) is 0 Å². The molecule has 1 rings (SSSR count). The van der Waals surface area contributed by atoms with Crippen LogP contribution in [-0.4, -0.2) is 20.2 Å². The highest BCUT2D eigenvalue weighted by Gasteiger charge is 2.17. The summed E-state index contributed by atoms with van der Waals surface area (Å²) in [5, 5.41) is 0. The van der Waals surface area contributed by atoms with E-state index in [9.17, 15) is 8.42 Å². The highest BCUT2D eigenvalue weighted by molar-refractivity contribution is 7.89. The molecule has 0 aromatic carbocycles. The van der Waals surface area contributed by atoms with E-state index >= 15 is 0 Å². The van der Waals surface area contributed by atoms with Crippen LogP contribution in [0.4, 0.5) is 0 Å². The summed E-state index contributed by atoms with van der Waals surface area (Å²) in [7, 11) is -3.01. The number of hydrogen-bond donors (Lipinski definition) is 1. The molecule has 0 fully saturated rings. The molecular weight excluding hydrogens is 174 g/mol. The monoisotopic (exact) mass is 189 g/mol. The van der Waals surface area contributed by atoms with Crippen LogP contribution in [-0.2, 0) is 10.0 Å². The second-order valence-corrected chi connectivity index (χ2v) is 4.95. The molecule has 0 saturated carbocycles. The lowest BCUT2D eigenvalue weighted by Gasteiger charge is -2.11. The van der Waals surface area contributed by atoms with Gasteiger partial charge in [-0.05, 0) is 19.3 Å². The number of hydrogen-bond acceptors (Lipinski definition) is 2. The zero-order valence-corrected chi connectivity index (χ0v) is 8.10. The predicted molar refractivity (Wildman–Crippen MR) is 49.4 cm³/mol. The second kappa shape index (κ2) is 4.05. The topological polar surface area (TPSA) is 46.2 Å². The van der Waals surface area contributed by atoms with Crippen LogP contribution < -0.4 is 4.72 Å². The van der Waals surface area contributed by atoms with Crippen LogP contribution in [0.1, 0.15) is 26.2 Å². The molecule has 0 amide bonds. The van der Waals surface area contributed by atoms with Crippen LogP contribution in [0.3, 0.4) is 0 Å². The lowest BCUT2D eigenvalue weighted by Crippen LogP contribution is -2.34. The van der Waals surface area contributed by atoms with Gasteiger partial charge in [-0.25, -0.2) is 13.1 Å². The summed E-state index contributed by atoms with van der Waals surface area (Å²) in [6.45, 7) is 1.87. The first kappa shape index (κ1) is 9.74. The molecule has 0 aromatic rings. The first-order valence-electron chi connectivity index (χ1n) is 4.29. The van der Waals surface area contributed by atoms with Gasteiger partial charge in [0.15, 0.2) is 0 Å². The van der Waals surface area contributed by atoms with Gasteiger partial charge in [0.2, 0.25) is 10.0 Å². The molecule has 0 aliphatic heterocycles. The molecule has 0 radical (unpaired) electrons. The van der Waals surface area contributed by atoms with Gasteiger partial charge in [0.1, 0.15) is 0 Å². The van der Waals surface area contributed by atoms with Crippen molar-refractivity contribution in [3.05, 3.63) is 12.2 Å². The molecule has 0 atom stereocenters. The average molecular weight is 189 g/mol. The predicted octanol–water partition coefficient (Wildman–Crippen LogP) is 1.03. The Balaban J connectivity index is 2.39. The van der Waals surface area contributed by atoms with Crippen molar-refractivity contribution in [1.29, 1.82) is 0 Å². The van der Waals surface area contributed by atoms with E-state index in [-0.39, 0.29) is 11.8 Å². The van der Waals surface area contributed by atoms with E-state index in [0.717, 1.165) is 12.8 Å². The van der Waals surface area contributed by atoms with Crippen LogP contribution in [0.2, 0.25) is 0 Å². The minimum atomic E-state index is -3.01. The minimum absolute atomic E-state index is 0.113. The molecule has 0 bridgehead atoms. The number of nitrogens with one attached hydrogen (secondary N) is 1. The third-order valence-electron chi connectivity index (χ3n) is 1.83. The number of sulfonamides is 1. The molecule has 70 valence electrons. The maximum absolute atomic E-state index is 11.2. The van der Waals surface area contributed by atoms with Gasteiger partial charge >= 0.3 is 0 Å². The summed E-state index contributed by atoms with van der Waals surface area (Å²) in [6.07, 6.45) is 6.37. The Morgan fingerprint density at radius 2 is 2.00 bits per heavy atom. The highest BCUT2D eigenvalue weighted by Crippen LogP contribution is 2.10. The maximum Gasteiger partial charge on any atom is 0.211 e. The van der Waals surface area contributed by atoms with Crippen molar-refractivity contribution in [1.82, 2.24) is 4.72 Å². The SMILES string of the molecule is CCCS(=O)(=O)NC1CC=CC1. The molecule has 1 N–H and O–H groups in total. The molecule has 1 aliphatic rings. The van der Waals surface area contributed by atoms with Crippen LogP contribution in [0.5, 0.6) is 0 Å². The zero-order chi connectivity index (χ0) is 9.03. The standard InChI is InChI=1S/C8H15NO2S/c1-2-7-12(10,11)9-8-5-3-4-6-8/h3-4,8-9H,2,5-7H2,1H3. The van der Waals surface area contributed by atoms with E-state index in [1.165, 1.54) is 0 Å². The van der Waals surface area contributed by atoms with Crippen LogP contribution >= 0.6 is 0 Å². The van der Waals surface area contributed by atoms with Crippen molar-refractivity contribution < 1.29 is 8.42 Å². The molecule has 3 nitrogen and oxygen atoms in total. The zero-order valence-electron chi connectivity index (χ0n) is 7.29. The summed E-state index contributed by atoms with van der Waals surface area (Å²) in [5.41, 5.74) is 0. The van der Waals surface area contributed by atoms with Gasteiger partial charge in [-0.1, -0.05) is 19.1 Å². The summed E-state index contributed by atoms with van der Waals surface area (Å²) in [5.74, 6) is 0.240. The molecule has 0 heterocycles. The Morgan fingerprint density at radius 1 is 1.42 bits per heavy atom. The fourth-order valence-electron chi connectivity index (χ4n) is 1.30. The molecule has 1 aliphatic carbocycles. The highest BCUT2D eigenvalue weighted by atomic mass is 32.2. The quantitative estimate of drug-likeness (QED) is 0.671. The van der Waals surface area contributed by atoms with Gasteiger partial charge in [-0.3, -0.25) is 0 Å². The van der Waals surface area contributed by atoms with E-state index in [1.807, 2.05) is 19.1 Å². The van der Waals surface area contributed by atoms with Crippen molar-refractivity contribution in [2.45, 2.75) is 32.2 Å². The van der Waals surface area contributed by atoms with E-state index in [2.05, 4.69) is 4.72 Å². The summed E-state index contributed by atoms with van der Waals surface area (Å²) >= 11 is 0. The Hall–Kier alpha value is -0.350. The largest absolute Gasteiger partial charge is 0.212 e. The fraction of sp³-hybridized carbons (Fsp3) is 0.750. The Labute approximate surface area is 73.9 Å². The minimum Gasteiger partial charge on any atom is -0.212 e. The molecule has 0 unspecified atom stereocenters. The van der Waals surface area contributed by atoms with Crippen LogP contribution in [0, 0.1) is 0 Å². The Morgan fingerprint density at radius 3 is 2.50 bits per heavy atom. The molecule has 0 spiro atoms. The molecule has 0 aromatic heterocycles. The summed E-state index contributed by atoms with van der Waals surface area (Å²) in [4.78, 5) is 0. The molecular formula is C8H15NO2S. The fourth-order valence-corrected chi connectivity index (χ4v) is 2.65. The van der Waals surface area contributed by atoms with Crippen molar-refractivity contribution in [3.63, 3.8) is 0 Å². The third-order valence-corrected chi connectivity index (χ3v) is 3.47. The summed E-state index contributed by atoms with van der Waals surface area (Å²) < 4.78 is 25.2. The average Bonchev–Trinajstić information content (AvgIpc) is 2.38. The Bertz CT molecular complexity index is 248. The van der Waals surface area contributed by atoms with Crippen molar-refractivity contribution in [2.24, 2.45) is 0 Å². The van der Waals surface area contributed by atoms with Gasteiger partial charge in [-0.15, -0.1) is 0 Å². The summed E-state index contributed by atoms with van der Waals surface area (Å²) in [6, 6.07) is 0.113. The maximum atomic E-state index is 11.2. The lowest BCUT2D eigenvalue weighted by atomic mass is 10.3. The number of rotatable bonds is 4. The van der Waals surface area contributed by atoms with Crippen LogP contribution in [0.15, 0.2) is 12.2 Å². The van der Waals surface area contributed by atoms with E-state index in [0.29, 0.717) is 6.42 Å². The molecule has 0 saturated heterocycles. The van der Waals surface area contributed by atoms with E-state index in [1.54, 1.807) is 0 Å².